The maximum atomic E-state index is 11.9. The summed E-state index contributed by atoms with van der Waals surface area (Å²) >= 11 is 0. The summed E-state index contributed by atoms with van der Waals surface area (Å²) in [5.41, 5.74) is -1.59. The summed E-state index contributed by atoms with van der Waals surface area (Å²) in [5.74, 6) is -0.433. The molecule has 0 spiro atoms. The lowest BCUT2D eigenvalue weighted by Crippen LogP contribution is -2.57. The maximum absolute atomic E-state index is 11.9. The van der Waals surface area contributed by atoms with Gasteiger partial charge in [-0.25, -0.2) is 9.59 Å². The SMILES string of the molecule is COC(=O)C1(NC(=O)OC(C)(C)C)CCN(C)C1. The molecule has 1 atom stereocenters. The Morgan fingerprint density at radius 1 is 1.33 bits per heavy atom. The summed E-state index contributed by atoms with van der Waals surface area (Å²) in [5, 5.41) is 2.65. The fourth-order valence-corrected chi connectivity index (χ4v) is 2.01. The number of carbonyl (C=O) groups is 2. The standard InChI is InChI=1S/C12H22N2O4/c1-11(2,3)18-10(16)13-12(9(15)17-5)6-7-14(4)8-12/h6-8H2,1-5H3,(H,13,16). The van der Waals surface area contributed by atoms with E-state index in [4.69, 9.17) is 9.47 Å². The van der Waals surface area contributed by atoms with Crippen molar-refractivity contribution >= 4 is 12.1 Å². The van der Waals surface area contributed by atoms with Crippen molar-refractivity contribution in [1.82, 2.24) is 10.2 Å². The first-order chi connectivity index (χ1) is 8.18. The lowest BCUT2D eigenvalue weighted by atomic mass is 9.99. The van der Waals surface area contributed by atoms with Gasteiger partial charge >= 0.3 is 12.1 Å². The van der Waals surface area contributed by atoms with Gasteiger partial charge in [-0.05, 0) is 34.2 Å². The highest BCUT2D eigenvalue weighted by Crippen LogP contribution is 2.22. The van der Waals surface area contributed by atoms with Crippen LogP contribution in [0.4, 0.5) is 4.79 Å². The molecule has 6 heteroatoms. The number of rotatable bonds is 2. The molecule has 1 aliphatic heterocycles. The highest BCUT2D eigenvalue weighted by molar-refractivity contribution is 5.86. The molecule has 1 aliphatic rings. The molecule has 1 fully saturated rings. The average Bonchev–Trinajstić information content (AvgIpc) is 2.57. The number of alkyl carbamates (subject to hydrolysis) is 1. The van der Waals surface area contributed by atoms with Crippen LogP contribution in [0.25, 0.3) is 0 Å². The second kappa shape index (κ2) is 5.14. The van der Waals surface area contributed by atoms with Crippen molar-refractivity contribution in [2.24, 2.45) is 0 Å². The first-order valence-electron chi connectivity index (χ1n) is 5.97. The van der Waals surface area contributed by atoms with Crippen molar-refractivity contribution in [2.45, 2.75) is 38.3 Å². The van der Waals surface area contributed by atoms with E-state index in [0.717, 1.165) is 6.54 Å². The van der Waals surface area contributed by atoms with Crippen molar-refractivity contribution in [3.8, 4) is 0 Å². The summed E-state index contributed by atoms with van der Waals surface area (Å²) in [7, 11) is 3.21. The summed E-state index contributed by atoms with van der Waals surface area (Å²) in [6.07, 6.45) is -0.0710. The van der Waals surface area contributed by atoms with E-state index >= 15 is 0 Å². The maximum Gasteiger partial charge on any atom is 0.408 e. The number of hydrogen-bond donors (Lipinski definition) is 1. The van der Waals surface area contributed by atoms with Gasteiger partial charge in [0.2, 0.25) is 0 Å². The van der Waals surface area contributed by atoms with Crippen LogP contribution in [0.3, 0.4) is 0 Å². The van der Waals surface area contributed by atoms with Gasteiger partial charge in [-0.2, -0.15) is 0 Å². The van der Waals surface area contributed by atoms with Crippen LogP contribution < -0.4 is 5.32 Å². The summed E-state index contributed by atoms with van der Waals surface area (Å²) < 4.78 is 9.96. The molecule has 0 aromatic rings. The molecule has 0 aliphatic carbocycles. The van der Waals surface area contributed by atoms with Crippen LogP contribution in [0.2, 0.25) is 0 Å². The molecule has 1 heterocycles. The van der Waals surface area contributed by atoms with Crippen molar-refractivity contribution in [3.05, 3.63) is 0 Å². The largest absolute Gasteiger partial charge is 0.467 e. The minimum absolute atomic E-state index is 0.429. The van der Waals surface area contributed by atoms with Gasteiger partial charge < -0.3 is 19.7 Å². The molecular formula is C12H22N2O4. The fraction of sp³-hybridized carbons (Fsp3) is 0.833. The molecular weight excluding hydrogens is 236 g/mol. The van der Waals surface area contributed by atoms with Gasteiger partial charge in [0.1, 0.15) is 5.60 Å². The van der Waals surface area contributed by atoms with E-state index in [9.17, 15) is 9.59 Å². The number of amides is 1. The Labute approximate surface area is 108 Å². The molecule has 0 bridgehead atoms. The van der Waals surface area contributed by atoms with E-state index in [1.807, 2.05) is 11.9 Å². The zero-order valence-corrected chi connectivity index (χ0v) is 11.7. The molecule has 6 nitrogen and oxygen atoms in total. The number of nitrogens with one attached hydrogen (secondary N) is 1. The number of likely N-dealkylation sites (tertiary alicyclic amines) is 1. The molecule has 0 radical (unpaired) electrons. The quantitative estimate of drug-likeness (QED) is 0.741. The van der Waals surface area contributed by atoms with Gasteiger partial charge in [-0.1, -0.05) is 0 Å². The van der Waals surface area contributed by atoms with E-state index in [1.165, 1.54) is 7.11 Å². The monoisotopic (exact) mass is 258 g/mol. The Bertz CT molecular complexity index is 337. The molecule has 1 amide bonds. The number of ether oxygens (including phenoxy) is 2. The Morgan fingerprint density at radius 3 is 2.33 bits per heavy atom. The number of methoxy groups -OCH3 is 1. The van der Waals surface area contributed by atoms with Crippen molar-refractivity contribution in [3.63, 3.8) is 0 Å². The van der Waals surface area contributed by atoms with Gasteiger partial charge in [-0.15, -0.1) is 0 Å². The third-order valence-electron chi connectivity index (χ3n) is 2.78. The number of likely N-dealkylation sites (N-methyl/N-ethyl adjacent to an activating group) is 1. The predicted octanol–water partition coefficient (Wildman–Crippen LogP) is 0.758. The summed E-state index contributed by atoms with van der Waals surface area (Å²) in [6.45, 7) is 6.48. The molecule has 1 unspecified atom stereocenters. The highest BCUT2D eigenvalue weighted by atomic mass is 16.6. The van der Waals surface area contributed by atoms with Crippen molar-refractivity contribution in [2.75, 3.05) is 27.2 Å². The normalized spacial score (nSPS) is 24.7. The highest BCUT2D eigenvalue weighted by Gasteiger charge is 2.46. The molecule has 1 rings (SSSR count). The zero-order valence-electron chi connectivity index (χ0n) is 11.7. The number of esters is 1. The van der Waals surface area contributed by atoms with Crippen molar-refractivity contribution in [1.29, 1.82) is 0 Å². The van der Waals surface area contributed by atoms with Gasteiger partial charge in [0, 0.05) is 13.1 Å². The fourth-order valence-electron chi connectivity index (χ4n) is 2.01. The average molecular weight is 258 g/mol. The Balaban J connectivity index is 2.75. The molecule has 1 N–H and O–H groups in total. The van der Waals surface area contributed by atoms with Crippen LogP contribution in [0.5, 0.6) is 0 Å². The van der Waals surface area contributed by atoms with E-state index < -0.39 is 23.2 Å². The molecule has 1 saturated heterocycles. The van der Waals surface area contributed by atoms with Crippen LogP contribution in [-0.2, 0) is 14.3 Å². The van der Waals surface area contributed by atoms with E-state index in [-0.39, 0.29) is 0 Å². The minimum Gasteiger partial charge on any atom is -0.467 e. The van der Waals surface area contributed by atoms with Crippen LogP contribution in [-0.4, -0.2) is 55.3 Å². The van der Waals surface area contributed by atoms with Crippen LogP contribution in [0.15, 0.2) is 0 Å². The second-order valence-corrected chi connectivity index (χ2v) is 5.69. The Morgan fingerprint density at radius 2 is 1.94 bits per heavy atom. The third kappa shape index (κ3) is 3.60. The smallest absolute Gasteiger partial charge is 0.408 e. The van der Waals surface area contributed by atoms with Gasteiger partial charge in [0.05, 0.1) is 7.11 Å². The van der Waals surface area contributed by atoms with Crippen molar-refractivity contribution < 1.29 is 19.1 Å². The second-order valence-electron chi connectivity index (χ2n) is 5.69. The van der Waals surface area contributed by atoms with E-state index in [2.05, 4.69) is 5.32 Å². The van der Waals surface area contributed by atoms with Crippen LogP contribution in [0.1, 0.15) is 27.2 Å². The first-order valence-corrected chi connectivity index (χ1v) is 5.97. The lowest BCUT2D eigenvalue weighted by Gasteiger charge is -2.29. The molecule has 0 saturated carbocycles. The van der Waals surface area contributed by atoms with E-state index in [0.29, 0.717) is 13.0 Å². The van der Waals surface area contributed by atoms with Crippen LogP contribution >= 0.6 is 0 Å². The summed E-state index contributed by atoms with van der Waals surface area (Å²) in [4.78, 5) is 25.6. The molecule has 0 aromatic carbocycles. The molecule has 104 valence electrons. The number of nitrogens with zero attached hydrogens (tertiary/aromatic N) is 1. The summed E-state index contributed by atoms with van der Waals surface area (Å²) in [6, 6.07) is 0. The third-order valence-corrected chi connectivity index (χ3v) is 2.78. The number of carbonyl (C=O) groups excluding carboxylic acids is 2. The Hall–Kier alpha value is -1.30. The topological polar surface area (TPSA) is 67.9 Å². The Kier molecular flexibility index (Phi) is 4.21. The van der Waals surface area contributed by atoms with Gasteiger partial charge in [0.15, 0.2) is 5.54 Å². The van der Waals surface area contributed by atoms with Gasteiger partial charge in [-0.3, -0.25) is 0 Å². The molecule has 0 aromatic heterocycles. The predicted molar refractivity (Wildman–Crippen MR) is 66.2 cm³/mol. The molecule has 18 heavy (non-hydrogen) atoms. The minimum atomic E-state index is -0.994. The zero-order chi connectivity index (χ0) is 14.0. The van der Waals surface area contributed by atoms with Crippen LogP contribution in [0, 0.1) is 0 Å². The van der Waals surface area contributed by atoms with E-state index in [1.54, 1.807) is 20.8 Å². The lowest BCUT2D eigenvalue weighted by molar-refractivity contribution is -0.148. The first kappa shape index (κ1) is 14.8. The van der Waals surface area contributed by atoms with Gasteiger partial charge in [0.25, 0.3) is 0 Å². The number of hydrogen-bond acceptors (Lipinski definition) is 5.